The van der Waals surface area contributed by atoms with Crippen LogP contribution in [0.2, 0.25) is 0 Å². The topological polar surface area (TPSA) is 26.3 Å². The lowest BCUT2D eigenvalue weighted by molar-refractivity contribution is 0.310. The summed E-state index contributed by atoms with van der Waals surface area (Å²) in [7, 11) is 0. The van der Waals surface area contributed by atoms with Crippen molar-refractivity contribution in [3.63, 3.8) is 0 Å². The lowest BCUT2D eigenvalue weighted by Gasteiger charge is -2.12. The average molecular weight is 225 g/mol. The van der Waals surface area contributed by atoms with Crippen LogP contribution >= 0.6 is 11.6 Å². The van der Waals surface area contributed by atoms with Crippen LogP contribution in [-0.4, -0.2) is 11.5 Å². The van der Waals surface area contributed by atoms with Crippen LogP contribution in [0.4, 0.5) is 0 Å². The van der Waals surface area contributed by atoms with Gasteiger partial charge in [-0.2, -0.15) is 0 Å². The number of alkyl halides is 1. The molecule has 1 aromatic rings. The molecular weight excluding hydrogens is 212 g/mol. The molecule has 0 bridgehead atoms. The number of carbonyl (C=O) groups excluding carboxylic acids is 1. The van der Waals surface area contributed by atoms with Crippen molar-refractivity contribution in [2.75, 3.05) is 0 Å². The maximum absolute atomic E-state index is 10.6. The molecule has 1 aromatic carbocycles. The molecule has 1 rings (SSSR count). The fourth-order valence-corrected chi connectivity index (χ4v) is 1.43. The number of benzene rings is 1. The third kappa shape index (κ3) is 3.78. The predicted octanol–water partition coefficient (Wildman–Crippen LogP) is 3.19. The molecule has 15 heavy (non-hydrogen) atoms. The quantitative estimate of drug-likeness (QED) is 0.567. The van der Waals surface area contributed by atoms with E-state index in [9.17, 15) is 4.79 Å². The monoisotopic (exact) mass is 224 g/mol. The minimum atomic E-state index is -0.718. The van der Waals surface area contributed by atoms with Gasteiger partial charge in [-0.3, -0.25) is 0 Å². The van der Waals surface area contributed by atoms with Gasteiger partial charge in [-0.15, -0.1) is 0 Å². The molecule has 0 spiro atoms. The average Bonchev–Trinajstić information content (AvgIpc) is 2.27. The Kier molecular flexibility index (Phi) is 4.96. The molecule has 0 aromatic heterocycles. The summed E-state index contributed by atoms with van der Waals surface area (Å²) in [6, 6.07) is 9.18. The second kappa shape index (κ2) is 6.28. The molecule has 1 atom stereocenters. The molecule has 1 unspecified atom stereocenters. The van der Waals surface area contributed by atoms with E-state index in [1.807, 2.05) is 31.1 Å². The Morgan fingerprint density at radius 3 is 2.67 bits per heavy atom. The minimum absolute atomic E-state index is 0.461. The first-order valence-corrected chi connectivity index (χ1v) is 5.31. The fourth-order valence-electron chi connectivity index (χ4n) is 1.17. The summed E-state index contributed by atoms with van der Waals surface area (Å²) < 4.78 is 5.39. The Hall–Kier alpha value is -1.24. The Balaban J connectivity index is 2.62. The highest BCUT2D eigenvalue weighted by molar-refractivity contribution is 6.22. The molecule has 80 valence electrons. The Bertz CT molecular complexity index is 342. The number of hydrogen-bond acceptors (Lipinski definition) is 2. The van der Waals surface area contributed by atoms with Gasteiger partial charge in [0.05, 0.1) is 5.57 Å². The molecule has 0 aliphatic carbocycles. The van der Waals surface area contributed by atoms with Crippen molar-refractivity contribution in [3.8, 4) is 5.75 Å². The molecular formula is C12H13ClO2. The van der Waals surface area contributed by atoms with Crippen LogP contribution in [0.3, 0.4) is 0 Å². The zero-order valence-corrected chi connectivity index (χ0v) is 9.33. The molecule has 0 N–H and O–H groups in total. The van der Waals surface area contributed by atoms with Gasteiger partial charge < -0.3 is 4.74 Å². The van der Waals surface area contributed by atoms with Crippen LogP contribution in [0.5, 0.6) is 5.75 Å². The summed E-state index contributed by atoms with van der Waals surface area (Å²) in [5.74, 6) is 2.49. The molecule has 0 aliphatic rings. The van der Waals surface area contributed by atoms with Crippen LogP contribution in [0.15, 0.2) is 35.9 Å². The molecule has 0 amide bonds. The highest BCUT2D eigenvalue weighted by Gasteiger charge is 2.12. The number of hydrogen-bond donors (Lipinski definition) is 0. The van der Waals surface area contributed by atoms with E-state index in [0.29, 0.717) is 17.7 Å². The second-order valence-corrected chi connectivity index (χ2v) is 3.52. The van der Waals surface area contributed by atoms with E-state index in [-0.39, 0.29) is 0 Å². The molecule has 0 aliphatic heterocycles. The van der Waals surface area contributed by atoms with Crippen molar-refractivity contribution >= 4 is 17.5 Å². The Labute approximate surface area is 94.5 Å². The van der Waals surface area contributed by atoms with E-state index in [0.717, 1.165) is 6.42 Å². The largest absolute Gasteiger partial charge is 0.470 e. The van der Waals surface area contributed by atoms with Crippen LogP contribution < -0.4 is 4.74 Å². The zero-order chi connectivity index (χ0) is 11.1. The van der Waals surface area contributed by atoms with Gasteiger partial charge in [-0.05, 0) is 18.6 Å². The van der Waals surface area contributed by atoms with E-state index < -0.39 is 5.56 Å². The van der Waals surface area contributed by atoms with E-state index >= 15 is 0 Å². The van der Waals surface area contributed by atoms with Gasteiger partial charge in [-0.1, -0.05) is 43.1 Å². The fraction of sp³-hybridized carbons (Fsp3) is 0.333. The maximum atomic E-state index is 10.6. The van der Waals surface area contributed by atoms with Gasteiger partial charge in [0.1, 0.15) is 11.7 Å². The second-order valence-electron chi connectivity index (χ2n) is 3.12. The van der Waals surface area contributed by atoms with Crippen LogP contribution in [-0.2, 0) is 4.79 Å². The first-order chi connectivity index (χ1) is 7.27. The van der Waals surface area contributed by atoms with Crippen molar-refractivity contribution in [2.45, 2.75) is 25.3 Å². The molecule has 0 fully saturated rings. The van der Waals surface area contributed by atoms with Gasteiger partial charge >= 0.3 is 0 Å². The van der Waals surface area contributed by atoms with Crippen molar-refractivity contribution in [1.29, 1.82) is 0 Å². The third-order valence-electron chi connectivity index (χ3n) is 1.91. The Morgan fingerprint density at radius 2 is 2.13 bits per heavy atom. The smallest absolute Gasteiger partial charge is 0.204 e. The van der Waals surface area contributed by atoms with Crippen molar-refractivity contribution in [2.24, 2.45) is 0 Å². The molecule has 0 radical (unpaired) electrons. The third-order valence-corrected chi connectivity index (χ3v) is 2.26. The standard InChI is InChI=1S/C12H13ClO2/c1-2-6-10(9-14)12(13)15-11-7-4-3-5-8-11/h3-5,7-8,12H,2,6H2,1H3. The van der Waals surface area contributed by atoms with Crippen LogP contribution in [0.25, 0.3) is 0 Å². The predicted molar refractivity (Wildman–Crippen MR) is 60.8 cm³/mol. The molecule has 0 heterocycles. The molecule has 2 nitrogen and oxygen atoms in total. The summed E-state index contributed by atoms with van der Waals surface area (Å²) in [5.41, 5.74) is -0.257. The van der Waals surface area contributed by atoms with Crippen LogP contribution in [0.1, 0.15) is 19.8 Å². The summed E-state index contributed by atoms with van der Waals surface area (Å²) in [6.07, 6.45) is 1.47. The SMILES string of the molecule is CCCC(=C=O)C(Cl)Oc1ccccc1. The van der Waals surface area contributed by atoms with E-state index in [1.165, 1.54) is 0 Å². The van der Waals surface area contributed by atoms with Gasteiger partial charge in [0.15, 0.2) is 0 Å². The summed E-state index contributed by atoms with van der Waals surface area (Å²) in [6.45, 7) is 1.98. The number of rotatable bonds is 5. The summed E-state index contributed by atoms with van der Waals surface area (Å²) in [5, 5.41) is 0. The van der Waals surface area contributed by atoms with Crippen molar-refractivity contribution in [1.82, 2.24) is 0 Å². The van der Waals surface area contributed by atoms with E-state index in [1.54, 1.807) is 12.1 Å². The summed E-state index contributed by atoms with van der Waals surface area (Å²) >= 11 is 5.94. The van der Waals surface area contributed by atoms with Gasteiger partial charge in [-0.25, -0.2) is 4.79 Å². The first-order valence-electron chi connectivity index (χ1n) is 4.87. The summed E-state index contributed by atoms with van der Waals surface area (Å²) in [4.78, 5) is 10.6. The molecule has 3 heteroatoms. The van der Waals surface area contributed by atoms with Crippen molar-refractivity contribution in [3.05, 3.63) is 35.9 Å². The number of halogens is 1. The normalized spacial score (nSPS) is 11.6. The molecule has 0 saturated heterocycles. The first kappa shape index (κ1) is 11.8. The highest BCUT2D eigenvalue weighted by Crippen LogP contribution is 2.19. The van der Waals surface area contributed by atoms with Crippen molar-refractivity contribution < 1.29 is 9.53 Å². The lowest BCUT2D eigenvalue weighted by Crippen LogP contribution is -2.12. The lowest BCUT2D eigenvalue weighted by atomic mass is 10.2. The van der Waals surface area contributed by atoms with E-state index in [4.69, 9.17) is 16.3 Å². The van der Waals surface area contributed by atoms with Crippen LogP contribution in [0, 0.1) is 0 Å². The highest BCUT2D eigenvalue weighted by atomic mass is 35.5. The minimum Gasteiger partial charge on any atom is -0.470 e. The maximum Gasteiger partial charge on any atom is 0.204 e. The Morgan fingerprint density at radius 1 is 1.47 bits per heavy atom. The van der Waals surface area contributed by atoms with Gasteiger partial charge in [0.2, 0.25) is 5.56 Å². The number of ether oxygens (including phenoxy) is 1. The number of para-hydroxylation sites is 1. The van der Waals surface area contributed by atoms with Gasteiger partial charge in [0, 0.05) is 0 Å². The zero-order valence-electron chi connectivity index (χ0n) is 8.57. The molecule has 0 saturated carbocycles. The van der Waals surface area contributed by atoms with Gasteiger partial charge in [0.25, 0.3) is 0 Å². The van der Waals surface area contributed by atoms with E-state index in [2.05, 4.69) is 0 Å².